The van der Waals surface area contributed by atoms with Crippen LogP contribution in [0.3, 0.4) is 0 Å². The highest BCUT2D eigenvalue weighted by Gasteiger charge is 2.19. The van der Waals surface area contributed by atoms with Crippen molar-refractivity contribution in [2.75, 3.05) is 24.6 Å². The molecular formula is C11H12N2O3. The minimum Gasteiger partial charge on any atom is -0.489 e. The van der Waals surface area contributed by atoms with Crippen LogP contribution in [0.15, 0.2) is 30.9 Å². The molecule has 16 heavy (non-hydrogen) atoms. The number of nitrogens with zero attached hydrogens (tertiary/aromatic N) is 2. The Hall–Kier alpha value is -2.04. The van der Waals surface area contributed by atoms with Crippen molar-refractivity contribution >= 4 is 11.4 Å². The van der Waals surface area contributed by atoms with Gasteiger partial charge in [0, 0.05) is 12.6 Å². The summed E-state index contributed by atoms with van der Waals surface area (Å²) in [5, 5.41) is 10.6. The van der Waals surface area contributed by atoms with E-state index in [1.807, 2.05) is 0 Å². The highest BCUT2D eigenvalue weighted by Crippen LogP contribution is 2.34. The number of hydrogen-bond donors (Lipinski definition) is 0. The Bertz CT molecular complexity index is 431. The van der Waals surface area contributed by atoms with Gasteiger partial charge in [-0.25, -0.2) is 0 Å². The van der Waals surface area contributed by atoms with Gasteiger partial charge in [0.1, 0.15) is 12.4 Å². The van der Waals surface area contributed by atoms with E-state index in [0.717, 1.165) is 12.2 Å². The van der Waals surface area contributed by atoms with Crippen molar-refractivity contribution in [3.8, 4) is 5.75 Å². The molecule has 0 unspecified atom stereocenters. The Morgan fingerprint density at radius 2 is 2.44 bits per heavy atom. The normalized spacial score (nSPS) is 13.9. The predicted molar refractivity (Wildman–Crippen MR) is 61.0 cm³/mol. The number of hydrogen-bond acceptors (Lipinski definition) is 4. The van der Waals surface area contributed by atoms with Crippen LogP contribution in [0.2, 0.25) is 0 Å². The van der Waals surface area contributed by atoms with Gasteiger partial charge in [-0.1, -0.05) is 6.08 Å². The zero-order chi connectivity index (χ0) is 11.5. The summed E-state index contributed by atoms with van der Waals surface area (Å²) in [6, 6.07) is 4.67. The molecule has 1 aromatic rings. The number of fused-ring (bicyclic) bond motifs is 1. The smallest absolute Gasteiger partial charge is 0.273 e. The van der Waals surface area contributed by atoms with E-state index in [9.17, 15) is 10.1 Å². The van der Waals surface area contributed by atoms with Crippen LogP contribution in [0.1, 0.15) is 0 Å². The van der Waals surface area contributed by atoms with Crippen LogP contribution in [-0.4, -0.2) is 24.6 Å². The summed E-state index contributed by atoms with van der Waals surface area (Å²) in [7, 11) is 0. The van der Waals surface area contributed by atoms with Crippen molar-refractivity contribution in [2.45, 2.75) is 0 Å². The van der Waals surface area contributed by atoms with E-state index in [2.05, 4.69) is 11.5 Å². The fraction of sp³-hybridized carbons (Fsp3) is 0.273. The molecule has 0 atom stereocenters. The van der Waals surface area contributed by atoms with E-state index < -0.39 is 4.92 Å². The number of nitro benzene ring substituents is 1. The molecule has 0 saturated carbocycles. The van der Waals surface area contributed by atoms with E-state index in [1.165, 1.54) is 12.1 Å². The lowest BCUT2D eigenvalue weighted by atomic mass is 10.2. The van der Waals surface area contributed by atoms with Crippen molar-refractivity contribution in [1.29, 1.82) is 0 Å². The lowest BCUT2D eigenvalue weighted by molar-refractivity contribution is -0.384. The largest absolute Gasteiger partial charge is 0.489 e. The third-order valence-corrected chi connectivity index (χ3v) is 2.46. The van der Waals surface area contributed by atoms with Gasteiger partial charge in [0.05, 0.1) is 23.2 Å². The fourth-order valence-electron chi connectivity index (χ4n) is 1.72. The maximum Gasteiger partial charge on any atom is 0.273 e. The Balaban J connectivity index is 2.36. The zero-order valence-electron chi connectivity index (χ0n) is 8.76. The highest BCUT2D eigenvalue weighted by molar-refractivity contribution is 5.63. The maximum absolute atomic E-state index is 10.6. The molecule has 0 saturated heterocycles. The number of non-ortho nitro benzene ring substituents is 1. The Morgan fingerprint density at radius 3 is 3.12 bits per heavy atom. The SMILES string of the molecule is C=CCN1CCOc2cc([N+](=O)[O-])ccc21. The van der Waals surface area contributed by atoms with Gasteiger partial charge in [-0.2, -0.15) is 0 Å². The summed E-state index contributed by atoms with van der Waals surface area (Å²) in [5.74, 6) is 0.572. The monoisotopic (exact) mass is 220 g/mol. The van der Waals surface area contributed by atoms with Gasteiger partial charge < -0.3 is 9.64 Å². The van der Waals surface area contributed by atoms with Crippen molar-refractivity contribution in [3.63, 3.8) is 0 Å². The molecule has 1 aliphatic rings. The first-order valence-corrected chi connectivity index (χ1v) is 4.99. The molecule has 0 fully saturated rings. The molecule has 0 amide bonds. The molecule has 0 spiro atoms. The summed E-state index contributed by atoms with van der Waals surface area (Å²) in [4.78, 5) is 12.3. The van der Waals surface area contributed by atoms with Gasteiger partial charge in [0.25, 0.3) is 5.69 Å². The van der Waals surface area contributed by atoms with E-state index in [4.69, 9.17) is 4.74 Å². The highest BCUT2D eigenvalue weighted by atomic mass is 16.6. The van der Waals surface area contributed by atoms with Gasteiger partial charge >= 0.3 is 0 Å². The van der Waals surface area contributed by atoms with E-state index in [0.29, 0.717) is 18.9 Å². The Labute approximate surface area is 93.1 Å². The van der Waals surface area contributed by atoms with Gasteiger partial charge in [-0.15, -0.1) is 6.58 Å². The summed E-state index contributed by atoms with van der Waals surface area (Å²) < 4.78 is 5.41. The Kier molecular flexibility index (Phi) is 2.76. The maximum atomic E-state index is 10.6. The zero-order valence-corrected chi connectivity index (χ0v) is 8.76. The molecule has 0 bridgehead atoms. The summed E-state index contributed by atoms with van der Waals surface area (Å²) >= 11 is 0. The summed E-state index contributed by atoms with van der Waals surface area (Å²) in [5.41, 5.74) is 0.941. The first-order valence-electron chi connectivity index (χ1n) is 4.99. The molecule has 0 aliphatic carbocycles. The average molecular weight is 220 g/mol. The fourth-order valence-corrected chi connectivity index (χ4v) is 1.72. The third kappa shape index (κ3) is 1.84. The molecule has 84 valence electrons. The molecule has 1 aliphatic heterocycles. The number of nitro groups is 1. The van der Waals surface area contributed by atoms with Crippen molar-refractivity contribution < 1.29 is 9.66 Å². The number of anilines is 1. The Morgan fingerprint density at radius 1 is 1.62 bits per heavy atom. The van der Waals surface area contributed by atoms with Crippen LogP contribution in [0.4, 0.5) is 11.4 Å². The van der Waals surface area contributed by atoms with Gasteiger partial charge in [0.15, 0.2) is 0 Å². The van der Waals surface area contributed by atoms with Crippen LogP contribution in [-0.2, 0) is 0 Å². The van der Waals surface area contributed by atoms with Crippen LogP contribution in [0, 0.1) is 10.1 Å². The molecule has 2 rings (SSSR count). The number of ether oxygens (including phenoxy) is 1. The minimum atomic E-state index is -0.421. The van der Waals surface area contributed by atoms with E-state index >= 15 is 0 Å². The van der Waals surface area contributed by atoms with E-state index in [1.54, 1.807) is 12.1 Å². The number of rotatable bonds is 3. The molecule has 1 aromatic carbocycles. The first kappa shape index (κ1) is 10.5. The lowest BCUT2D eigenvalue weighted by Crippen LogP contribution is -2.32. The van der Waals surface area contributed by atoms with Crippen LogP contribution in [0.25, 0.3) is 0 Å². The van der Waals surface area contributed by atoms with Gasteiger partial charge in [-0.05, 0) is 6.07 Å². The lowest BCUT2D eigenvalue weighted by Gasteiger charge is -2.29. The quantitative estimate of drug-likeness (QED) is 0.444. The second-order valence-corrected chi connectivity index (χ2v) is 3.49. The van der Waals surface area contributed by atoms with Crippen molar-refractivity contribution in [1.82, 2.24) is 0 Å². The molecule has 0 aromatic heterocycles. The van der Waals surface area contributed by atoms with Gasteiger partial charge in [0.2, 0.25) is 0 Å². The average Bonchev–Trinajstić information content (AvgIpc) is 2.29. The molecule has 0 N–H and O–H groups in total. The molecular weight excluding hydrogens is 208 g/mol. The molecule has 5 nitrogen and oxygen atoms in total. The molecule has 1 heterocycles. The van der Waals surface area contributed by atoms with Crippen molar-refractivity contribution in [2.24, 2.45) is 0 Å². The second kappa shape index (κ2) is 4.22. The van der Waals surface area contributed by atoms with E-state index in [-0.39, 0.29) is 5.69 Å². The van der Waals surface area contributed by atoms with Crippen LogP contribution >= 0.6 is 0 Å². The molecule has 0 radical (unpaired) electrons. The third-order valence-electron chi connectivity index (χ3n) is 2.46. The number of benzene rings is 1. The topological polar surface area (TPSA) is 55.6 Å². The van der Waals surface area contributed by atoms with Crippen LogP contribution < -0.4 is 9.64 Å². The van der Waals surface area contributed by atoms with Crippen molar-refractivity contribution in [3.05, 3.63) is 41.0 Å². The van der Waals surface area contributed by atoms with Gasteiger partial charge in [-0.3, -0.25) is 10.1 Å². The first-order chi connectivity index (χ1) is 7.72. The summed E-state index contributed by atoms with van der Waals surface area (Å²) in [6.07, 6.45) is 1.80. The summed E-state index contributed by atoms with van der Waals surface area (Å²) in [6.45, 7) is 5.72. The second-order valence-electron chi connectivity index (χ2n) is 3.49. The van der Waals surface area contributed by atoms with Crippen LogP contribution in [0.5, 0.6) is 5.75 Å². The predicted octanol–water partition coefficient (Wildman–Crippen LogP) is 1.98. The molecule has 5 heteroatoms. The standard InChI is InChI=1S/C11H12N2O3/c1-2-5-12-6-7-16-11-8-9(13(14)15)3-4-10(11)12/h2-4,8H,1,5-7H2. The minimum absolute atomic E-state index is 0.0548.